The Balaban J connectivity index is 1.65. The second-order valence-electron chi connectivity index (χ2n) is 8.02. The van der Waals surface area contributed by atoms with Crippen LogP contribution in [0.3, 0.4) is 0 Å². The highest BCUT2D eigenvalue weighted by Crippen LogP contribution is 2.39. The third kappa shape index (κ3) is 4.17. The van der Waals surface area contributed by atoms with Crippen LogP contribution in [-0.4, -0.2) is 23.3 Å². The summed E-state index contributed by atoms with van der Waals surface area (Å²) in [4.78, 5) is 18.9. The average molecular weight is 492 g/mol. The average Bonchev–Trinajstić information content (AvgIpc) is 3.36. The van der Waals surface area contributed by atoms with Crippen LogP contribution in [0.25, 0.3) is 17.0 Å². The van der Waals surface area contributed by atoms with Crippen molar-refractivity contribution in [2.45, 2.75) is 13.0 Å². The van der Waals surface area contributed by atoms with Crippen molar-refractivity contribution in [2.75, 3.05) is 12.0 Å². The van der Waals surface area contributed by atoms with Gasteiger partial charge in [-0.3, -0.25) is 4.90 Å². The van der Waals surface area contributed by atoms with Gasteiger partial charge in [0.1, 0.15) is 11.6 Å². The molecule has 0 bridgehead atoms. The molecule has 0 aliphatic carbocycles. The van der Waals surface area contributed by atoms with Gasteiger partial charge in [-0.2, -0.15) is 4.98 Å². The van der Waals surface area contributed by atoms with E-state index in [0.29, 0.717) is 28.1 Å². The lowest BCUT2D eigenvalue weighted by Crippen LogP contribution is -2.46. The number of urea groups is 1. The number of allylic oxidation sites excluding steroid dienone is 1. The predicted molar refractivity (Wildman–Crippen MR) is 125 cm³/mol. The third-order valence-electron chi connectivity index (χ3n) is 5.83. The molecule has 0 saturated carbocycles. The molecule has 0 radical (unpaired) electrons. The van der Waals surface area contributed by atoms with E-state index in [0.717, 1.165) is 12.1 Å². The van der Waals surface area contributed by atoms with Crippen LogP contribution in [0, 0.1) is 17.5 Å². The molecular formula is C26H19F3N4O3. The Bertz CT molecular complexity index is 1480. The molecule has 1 aliphatic rings. The number of anilines is 1. The molecule has 2 heterocycles. The third-order valence-corrected chi connectivity index (χ3v) is 5.83. The number of aromatic nitrogens is 2. The van der Waals surface area contributed by atoms with Gasteiger partial charge in [-0.15, -0.1) is 0 Å². The lowest BCUT2D eigenvalue weighted by Gasteiger charge is -2.35. The second kappa shape index (κ2) is 9.21. The number of nitrogens with zero attached hydrogens (tertiary/aromatic N) is 3. The summed E-state index contributed by atoms with van der Waals surface area (Å²) >= 11 is 0. The van der Waals surface area contributed by atoms with Gasteiger partial charge in [-0.25, -0.2) is 18.0 Å². The number of halogens is 3. The number of carbonyl (C=O) groups excluding carboxylic acids is 1. The summed E-state index contributed by atoms with van der Waals surface area (Å²) in [6.45, 7) is 1.63. The van der Waals surface area contributed by atoms with Crippen LogP contribution >= 0.6 is 0 Å². The van der Waals surface area contributed by atoms with Crippen LogP contribution in [0.15, 0.2) is 77.0 Å². The molecule has 0 saturated heterocycles. The Morgan fingerprint density at radius 3 is 2.50 bits per heavy atom. The predicted octanol–water partition coefficient (Wildman–Crippen LogP) is 5.86. The van der Waals surface area contributed by atoms with Crippen molar-refractivity contribution in [3.05, 3.63) is 101 Å². The molecule has 182 valence electrons. The minimum Gasteiger partial charge on any atom is -0.497 e. The van der Waals surface area contributed by atoms with Gasteiger partial charge in [0.25, 0.3) is 5.89 Å². The van der Waals surface area contributed by atoms with Crippen molar-refractivity contribution in [1.82, 2.24) is 15.5 Å². The van der Waals surface area contributed by atoms with Gasteiger partial charge >= 0.3 is 6.03 Å². The van der Waals surface area contributed by atoms with Crippen LogP contribution in [0.2, 0.25) is 0 Å². The lowest BCUT2D eigenvalue weighted by atomic mass is 9.94. The Hall–Kier alpha value is -4.60. The number of hydrogen-bond donors (Lipinski definition) is 1. The highest BCUT2D eigenvalue weighted by atomic mass is 19.2. The van der Waals surface area contributed by atoms with E-state index >= 15 is 0 Å². The van der Waals surface area contributed by atoms with Crippen LogP contribution in [0.5, 0.6) is 5.75 Å². The number of methoxy groups -OCH3 is 1. The standard InChI is InChI=1S/C26H19F3N4O3/c1-14-22(25-31-24(32-36-25)16-4-3-5-19(12-16)35-2)23(15-6-8-17(27)9-7-15)30-26(34)33(14)18-10-11-20(28)21(29)13-18/h3-13,23H,1-2H3,(H,30,34). The van der Waals surface area contributed by atoms with Crippen molar-refractivity contribution in [2.24, 2.45) is 0 Å². The highest BCUT2D eigenvalue weighted by molar-refractivity contribution is 6.01. The molecule has 10 heteroatoms. The first kappa shape index (κ1) is 23.2. The summed E-state index contributed by atoms with van der Waals surface area (Å²) in [5.74, 6) is -1.61. The summed E-state index contributed by atoms with van der Waals surface area (Å²) in [7, 11) is 1.54. The van der Waals surface area contributed by atoms with Gasteiger partial charge in [-0.05, 0) is 48.9 Å². The Morgan fingerprint density at radius 1 is 1.00 bits per heavy atom. The minimum atomic E-state index is -1.10. The van der Waals surface area contributed by atoms with Crippen molar-refractivity contribution < 1.29 is 27.2 Å². The van der Waals surface area contributed by atoms with E-state index in [2.05, 4.69) is 15.5 Å². The molecular weight excluding hydrogens is 473 g/mol. The Kier molecular flexibility index (Phi) is 5.93. The summed E-state index contributed by atoms with van der Waals surface area (Å²) in [5, 5.41) is 6.90. The SMILES string of the molecule is COc1cccc(-c2noc(C3=C(C)N(c4ccc(F)c(F)c4)C(=O)NC3c3ccc(F)cc3)n2)c1. The van der Waals surface area contributed by atoms with Crippen LogP contribution in [-0.2, 0) is 0 Å². The van der Waals surface area contributed by atoms with Gasteiger partial charge < -0.3 is 14.6 Å². The number of amides is 2. The van der Waals surface area contributed by atoms with Crippen molar-refractivity contribution in [3.8, 4) is 17.1 Å². The lowest BCUT2D eigenvalue weighted by molar-refractivity contribution is 0.244. The normalized spacial score (nSPS) is 15.8. The van der Waals surface area contributed by atoms with E-state index in [-0.39, 0.29) is 17.4 Å². The monoisotopic (exact) mass is 492 g/mol. The number of carbonyl (C=O) groups is 1. The van der Waals surface area contributed by atoms with E-state index in [9.17, 15) is 18.0 Å². The molecule has 1 N–H and O–H groups in total. The topological polar surface area (TPSA) is 80.5 Å². The molecule has 4 aromatic rings. The molecule has 1 atom stereocenters. The maximum Gasteiger partial charge on any atom is 0.327 e. The van der Waals surface area contributed by atoms with Gasteiger partial charge in [0.15, 0.2) is 11.6 Å². The molecule has 7 nitrogen and oxygen atoms in total. The minimum absolute atomic E-state index is 0.0900. The summed E-state index contributed by atoms with van der Waals surface area (Å²) in [6.07, 6.45) is 0. The van der Waals surface area contributed by atoms with Gasteiger partial charge in [0.05, 0.1) is 24.4 Å². The first-order valence-corrected chi connectivity index (χ1v) is 10.9. The van der Waals surface area contributed by atoms with Crippen molar-refractivity contribution in [1.29, 1.82) is 0 Å². The van der Waals surface area contributed by atoms with Gasteiger partial charge in [0.2, 0.25) is 5.82 Å². The van der Waals surface area contributed by atoms with E-state index in [1.807, 2.05) is 0 Å². The maximum atomic E-state index is 14.0. The zero-order valence-electron chi connectivity index (χ0n) is 19.1. The molecule has 36 heavy (non-hydrogen) atoms. The molecule has 0 fully saturated rings. The fourth-order valence-corrected chi connectivity index (χ4v) is 4.07. The molecule has 1 aromatic heterocycles. The fourth-order valence-electron chi connectivity index (χ4n) is 4.07. The molecule has 2 amide bonds. The first-order chi connectivity index (χ1) is 17.4. The first-order valence-electron chi connectivity index (χ1n) is 10.9. The van der Waals surface area contributed by atoms with E-state index in [1.165, 1.54) is 35.2 Å². The number of benzene rings is 3. The fraction of sp³-hybridized carbons (Fsp3) is 0.115. The van der Waals surface area contributed by atoms with Crippen molar-refractivity contribution in [3.63, 3.8) is 0 Å². The number of rotatable bonds is 5. The summed E-state index contributed by atoms with van der Waals surface area (Å²) in [5.41, 5.74) is 2.06. The van der Waals surface area contributed by atoms with Crippen LogP contribution in [0.1, 0.15) is 24.4 Å². The molecule has 1 aliphatic heterocycles. The zero-order chi connectivity index (χ0) is 25.4. The number of nitrogens with one attached hydrogen (secondary N) is 1. The number of hydrogen-bond acceptors (Lipinski definition) is 5. The Morgan fingerprint density at radius 2 is 1.78 bits per heavy atom. The van der Waals surface area contributed by atoms with Crippen molar-refractivity contribution >= 4 is 17.3 Å². The molecule has 1 unspecified atom stereocenters. The van der Waals surface area contributed by atoms with E-state index < -0.39 is 29.5 Å². The molecule has 0 spiro atoms. The maximum absolute atomic E-state index is 14.0. The smallest absolute Gasteiger partial charge is 0.327 e. The largest absolute Gasteiger partial charge is 0.497 e. The zero-order valence-corrected chi connectivity index (χ0v) is 19.1. The Labute approximate surface area is 203 Å². The van der Waals surface area contributed by atoms with Gasteiger partial charge in [0, 0.05) is 17.3 Å². The summed E-state index contributed by atoms with van der Waals surface area (Å²) in [6, 6.07) is 14.4. The van der Waals surface area contributed by atoms with E-state index in [1.54, 1.807) is 38.3 Å². The van der Waals surface area contributed by atoms with Gasteiger partial charge in [-0.1, -0.05) is 29.4 Å². The number of ether oxygens (including phenoxy) is 1. The molecule has 5 rings (SSSR count). The second-order valence-corrected chi connectivity index (χ2v) is 8.02. The highest BCUT2D eigenvalue weighted by Gasteiger charge is 2.36. The van der Waals surface area contributed by atoms with E-state index in [4.69, 9.17) is 9.26 Å². The summed E-state index contributed by atoms with van der Waals surface area (Å²) < 4.78 is 52.0. The van der Waals surface area contributed by atoms with Crippen LogP contribution in [0.4, 0.5) is 23.7 Å². The quantitative estimate of drug-likeness (QED) is 0.377. The van der Waals surface area contributed by atoms with Crippen LogP contribution < -0.4 is 15.0 Å². The molecule has 3 aromatic carbocycles.